The standard InChI is InChI=1S/C11H14ClNO3S/c1-8(7-12)11(14)13-9-3-5-10(6-4-9)17(2,15)16/h3-6,8H,7H2,1-2H3,(H,13,14). The average molecular weight is 276 g/mol. The van der Waals surface area contributed by atoms with Crippen LogP contribution in [0.15, 0.2) is 29.2 Å². The second-order valence-corrected chi connectivity index (χ2v) is 6.17. The lowest BCUT2D eigenvalue weighted by Crippen LogP contribution is -2.21. The molecular weight excluding hydrogens is 262 g/mol. The van der Waals surface area contributed by atoms with E-state index in [1.165, 1.54) is 12.1 Å². The number of sulfone groups is 1. The summed E-state index contributed by atoms with van der Waals surface area (Å²) in [5.41, 5.74) is 0.555. The number of benzene rings is 1. The molecule has 1 amide bonds. The number of nitrogens with one attached hydrogen (secondary N) is 1. The minimum absolute atomic E-state index is 0.188. The van der Waals surface area contributed by atoms with E-state index in [-0.39, 0.29) is 22.6 Å². The summed E-state index contributed by atoms with van der Waals surface area (Å²) in [4.78, 5) is 11.7. The van der Waals surface area contributed by atoms with Crippen LogP contribution < -0.4 is 5.32 Å². The van der Waals surface area contributed by atoms with E-state index in [2.05, 4.69) is 5.32 Å². The molecule has 0 radical (unpaired) electrons. The number of hydrogen-bond donors (Lipinski definition) is 1. The molecule has 1 unspecified atom stereocenters. The first kappa shape index (κ1) is 14.0. The molecule has 1 aromatic rings. The predicted octanol–water partition coefficient (Wildman–Crippen LogP) is 1.90. The van der Waals surface area contributed by atoms with Crippen molar-refractivity contribution in [1.82, 2.24) is 0 Å². The normalized spacial score (nSPS) is 13.1. The van der Waals surface area contributed by atoms with Crippen molar-refractivity contribution in [2.75, 3.05) is 17.5 Å². The summed E-state index contributed by atoms with van der Waals surface area (Å²) in [6.45, 7) is 1.72. The van der Waals surface area contributed by atoms with Crippen LogP contribution >= 0.6 is 11.6 Å². The first-order valence-electron chi connectivity index (χ1n) is 5.01. The van der Waals surface area contributed by atoms with Crippen molar-refractivity contribution in [3.8, 4) is 0 Å². The second kappa shape index (κ2) is 5.51. The van der Waals surface area contributed by atoms with Crippen LogP contribution in [0.5, 0.6) is 0 Å². The van der Waals surface area contributed by atoms with Gasteiger partial charge in [0, 0.05) is 23.7 Å². The predicted molar refractivity (Wildman–Crippen MR) is 68.1 cm³/mol. The van der Waals surface area contributed by atoms with Gasteiger partial charge in [0.1, 0.15) is 0 Å². The van der Waals surface area contributed by atoms with Crippen LogP contribution in [0.1, 0.15) is 6.92 Å². The summed E-state index contributed by atoms with van der Waals surface area (Å²) >= 11 is 5.56. The monoisotopic (exact) mass is 275 g/mol. The molecule has 0 aliphatic carbocycles. The topological polar surface area (TPSA) is 63.2 Å². The largest absolute Gasteiger partial charge is 0.326 e. The van der Waals surface area contributed by atoms with Gasteiger partial charge in [0.15, 0.2) is 9.84 Å². The lowest BCUT2D eigenvalue weighted by molar-refractivity contribution is -0.118. The van der Waals surface area contributed by atoms with Gasteiger partial charge in [-0.1, -0.05) is 6.92 Å². The summed E-state index contributed by atoms with van der Waals surface area (Å²) in [7, 11) is -3.20. The Morgan fingerprint density at radius 2 is 1.88 bits per heavy atom. The fourth-order valence-corrected chi connectivity index (χ4v) is 1.89. The summed E-state index contributed by atoms with van der Waals surface area (Å²) < 4.78 is 22.4. The quantitative estimate of drug-likeness (QED) is 0.854. The molecule has 0 spiro atoms. The molecule has 6 heteroatoms. The third-order valence-corrected chi connectivity index (χ3v) is 3.82. The van der Waals surface area contributed by atoms with E-state index in [0.29, 0.717) is 5.69 Å². The van der Waals surface area contributed by atoms with Gasteiger partial charge in [-0.15, -0.1) is 11.6 Å². The highest BCUT2D eigenvalue weighted by Crippen LogP contribution is 2.14. The second-order valence-electron chi connectivity index (χ2n) is 3.84. The van der Waals surface area contributed by atoms with Crippen molar-refractivity contribution >= 4 is 33.0 Å². The number of anilines is 1. The Kier molecular flexibility index (Phi) is 4.54. The zero-order valence-electron chi connectivity index (χ0n) is 9.60. The van der Waals surface area contributed by atoms with E-state index in [1.807, 2.05) is 0 Å². The van der Waals surface area contributed by atoms with Crippen LogP contribution in [-0.4, -0.2) is 26.5 Å². The molecule has 1 N–H and O–H groups in total. The van der Waals surface area contributed by atoms with Gasteiger partial charge in [-0.3, -0.25) is 4.79 Å². The molecule has 0 aromatic heterocycles. The summed E-state index contributed by atoms with van der Waals surface area (Å²) in [6.07, 6.45) is 1.14. The van der Waals surface area contributed by atoms with Crippen molar-refractivity contribution in [3.05, 3.63) is 24.3 Å². The van der Waals surface area contributed by atoms with E-state index in [4.69, 9.17) is 11.6 Å². The molecule has 1 atom stereocenters. The van der Waals surface area contributed by atoms with E-state index >= 15 is 0 Å². The zero-order chi connectivity index (χ0) is 13.1. The van der Waals surface area contributed by atoms with Crippen LogP contribution in [0, 0.1) is 5.92 Å². The highest BCUT2D eigenvalue weighted by molar-refractivity contribution is 7.90. The van der Waals surface area contributed by atoms with Gasteiger partial charge in [-0.25, -0.2) is 8.42 Å². The summed E-state index contributed by atoms with van der Waals surface area (Å²) in [5, 5.41) is 2.65. The maximum Gasteiger partial charge on any atom is 0.228 e. The number of amides is 1. The fraction of sp³-hybridized carbons (Fsp3) is 0.364. The highest BCUT2D eigenvalue weighted by atomic mass is 35.5. The van der Waals surface area contributed by atoms with Crippen molar-refractivity contribution in [3.63, 3.8) is 0 Å². The Hall–Kier alpha value is -1.07. The third-order valence-electron chi connectivity index (χ3n) is 2.23. The van der Waals surface area contributed by atoms with Crippen LogP contribution in [-0.2, 0) is 14.6 Å². The van der Waals surface area contributed by atoms with Gasteiger partial charge in [-0.2, -0.15) is 0 Å². The molecule has 0 fully saturated rings. The number of carbonyl (C=O) groups excluding carboxylic acids is 1. The molecule has 0 heterocycles. The first-order valence-corrected chi connectivity index (χ1v) is 7.44. The SMILES string of the molecule is CC(CCl)C(=O)Nc1ccc(S(C)(=O)=O)cc1. The number of alkyl halides is 1. The van der Waals surface area contributed by atoms with Gasteiger partial charge in [0.05, 0.1) is 4.90 Å². The highest BCUT2D eigenvalue weighted by Gasteiger charge is 2.12. The first-order chi connectivity index (χ1) is 7.84. The Morgan fingerprint density at radius 1 is 1.35 bits per heavy atom. The molecule has 0 saturated heterocycles. The van der Waals surface area contributed by atoms with Gasteiger partial charge >= 0.3 is 0 Å². The Balaban J connectivity index is 2.79. The molecule has 0 aliphatic heterocycles. The molecule has 0 bridgehead atoms. The molecule has 94 valence electrons. The minimum Gasteiger partial charge on any atom is -0.326 e. The summed E-state index contributed by atoms with van der Waals surface area (Å²) in [6, 6.07) is 6.01. The van der Waals surface area contributed by atoms with Crippen molar-refractivity contribution in [2.24, 2.45) is 5.92 Å². The molecule has 0 aliphatic rings. The number of halogens is 1. The molecule has 17 heavy (non-hydrogen) atoms. The van der Waals surface area contributed by atoms with Crippen molar-refractivity contribution in [2.45, 2.75) is 11.8 Å². The Bertz CT molecular complexity index is 496. The van der Waals surface area contributed by atoms with Crippen LogP contribution in [0.2, 0.25) is 0 Å². The lowest BCUT2D eigenvalue weighted by Gasteiger charge is -2.09. The Labute approximate surface area is 106 Å². The maximum absolute atomic E-state index is 11.5. The zero-order valence-corrected chi connectivity index (χ0v) is 11.2. The molecule has 1 aromatic carbocycles. The van der Waals surface area contributed by atoms with Crippen molar-refractivity contribution < 1.29 is 13.2 Å². The average Bonchev–Trinajstić information content (AvgIpc) is 2.27. The van der Waals surface area contributed by atoms with Crippen LogP contribution in [0.3, 0.4) is 0 Å². The van der Waals surface area contributed by atoms with E-state index < -0.39 is 9.84 Å². The van der Waals surface area contributed by atoms with Gasteiger partial charge in [0.2, 0.25) is 5.91 Å². The van der Waals surface area contributed by atoms with E-state index in [1.54, 1.807) is 19.1 Å². The fourth-order valence-electron chi connectivity index (χ4n) is 1.12. The number of hydrogen-bond acceptors (Lipinski definition) is 3. The van der Waals surface area contributed by atoms with Gasteiger partial charge in [0.25, 0.3) is 0 Å². The molecular formula is C11H14ClNO3S. The Morgan fingerprint density at radius 3 is 2.29 bits per heavy atom. The summed E-state index contributed by atoms with van der Waals surface area (Å²) in [5.74, 6) is -0.230. The minimum atomic E-state index is -3.20. The van der Waals surface area contributed by atoms with E-state index in [0.717, 1.165) is 6.26 Å². The van der Waals surface area contributed by atoms with Crippen LogP contribution in [0.25, 0.3) is 0 Å². The van der Waals surface area contributed by atoms with Gasteiger partial charge in [-0.05, 0) is 24.3 Å². The molecule has 4 nitrogen and oxygen atoms in total. The molecule has 1 rings (SSSR count). The smallest absolute Gasteiger partial charge is 0.228 e. The van der Waals surface area contributed by atoms with Crippen molar-refractivity contribution in [1.29, 1.82) is 0 Å². The number of rotatable bonds is 4. The maximum atomic E-state index is 11.5. The third kappa shape index (κ3) is 4.02. The number of carbonyl (C=O) groups is 1. The van der Waals surface area contributed by atoms with Crippen LogP contribution in [0.4, 0.5) is 5.69 Å². The van der Waals surface area contributed by atoms with Gasteiger partial charge < -0.3 is 5.32 Å². The molecule has 0 saturated carbocycles. The lowest BCUT2D eigenvalue weighted by atomic mass is 10.2. The van der Waals surface area contributed by atoms with E-state index in [9.17, 15) is 13.2 Å².